The number of imide groups is 2. The summed E-state index contributed by atoms with van der Waals surface area (Å²) in [6.45, 7) is 15.0. The lowest BCUT2D eigenvalue weighted by Crippen LogP contribution is -2.41. The Kier molecular flexibility index (Phi) is 46.8. The van der Waals surface area contributed by atoms with Crippen molar-refractivity contribution in [1.82, 2.24) is 0 Å². The molecule has 135 heavy (non-hydrogen) atoms. The molecule has 736 valence electrons. The maximum absolute atomic E-state index is 16.8. The highest BCUT2D eigenvalue weighted by Gasteiger charge is 2.41. The van der Waals surface area contributed by atoms with Crippen molar-refractivity contribution in [3.8, 4) is 34.5 Å². The van der Waals surface area contributed by atoms with E-state index < -0.39 is 11.8 Å². The molecular formula is C124H176N2O9. The summed E-state index contributed by atoms with van der Waals surface area (Å²) in [7, 11) is 0. The predicted octanol–water partition coefficient (Wildman–Crippen LogP) is 37.5. The van der Waals surface area contributed by atoms with Crippen LogP contribution in [-0.4, -0.2) is 50.1 Å². The Bertz CT molecular complexity index is 4650. The molecule has 9 aromatic carbocycles. The minimum absolute atomic E-state index is 0.274. The first-order valence-electron chi connectivity index (χ1n) is 56.3. The van der Waals surface area contributed by atoms with Gasteiger partial charge >= 0.3 is 0 Å². The van der Waals surface area contributed by atoms with Gasteiger partial charge in [0, 0.05) is 55.6 Å². The monoisotopic (exact) mass is 1840 g/mol. The molecule has 0 aromatic heterocycles. The van der Waals surface area contributed by atoms with Crippen molar-refractivity contribution < 1.29 is 42.9 Å². The first-order valence-corrected chi connectivity index (χ1v) is 56.3. The van der Waals surface area contributed by atoms with Gasteiger partial charge in [-0.1, -0.05) is 413 Å². The van der Waals surface area contributed by atoms with E-state index in [-0.39, 0.29) is 25.0 Å². The number of unbranched alkanes of at least 4 members (excludes halogenated alkanes) is 54. The number of hydrogen-bond donors (Lipinski definition) is 0. The van der Waals surface area contributed by atoms with Crippen LogP contribution in [0.15, 0.2) is 109 Å². The van der Waals surface area contributed by atoms with Crippen LogP contribution in [0.25, 0.3) is 43.1 Å². The van der Waals surface area contributed by atoms with E-state index in [4.69, 9.17) is 23.7 Å². The van der Waals surface area contributed by atoms with Crippen molar-refractivity contribution in [3.05, 3.63) is 165 Å². The number of aryl methyl sites for hydroxylation is 4. The van der Waals surface area contributed by atoms with Crippen molar-refractivity contribution in [2.75, 3.05) is 36.2 Å². The van der Waals surface area contributed by atoms with Gasteiger partial charge in [0.1, 0.15) is 47.7 Å². The van der Waals surface area contributed by atoms with Crippen LogP contribution >= 0.6 is 0 Å². The molecule has 13 rings (SSSR count). The first-order chi connectivity index (χ1) is 66.6. The van der Waals surface area contributed by atoms with Gasteiger partial charge in [-0.3, -0.25) is 19.2 Å². The second-order valence-corrected chi connectivity index (χ2v) is 40.8. The highest BCUT2D eigenvalue weighted by molar-refractivity contribution is 6.46. The summed E-state index contributed by atoms with van der Waals surface area (Å²) in [5.74, 6) is 1.32. The molecule has 0 N–H and O–H groups in total. The molecule has 4 aliphatic heterocycles. The summed E-state index contributed by atoms with van der Waals surface area (Å²) in [5, 5.41) is 5.03. The average Bonchev–Trinajstić information content (AvgIpc) is 0.679. The molecule has 0 saturated heterocycles. The minimum Gasteiger partial charge on any atom is -0.491 e. The number of ether oxygens (including phenoxy) is 5. The SMILES string of the molecule is CCCCCCCCCCCCc1cc(N2C(=O)c3ccc4c5c6cc7c8c(ccc(c9c(cc(c3c49)C2=O)Oc2cccc(c2)OCCOCCOc2cccc(c2)O6)c85)C(=O)N(c2cc(CCCCCCCCCCCC)c(CCCCCCCCCCCC)c(CCCCCCCCCCCC)c2)C7=O)cc(CCCCCCCCCCCC)c1CCCCCCCCCCCC. The van der Waals surface area contributed by atoms with Crippen LogP contribution in [0.1, 0.15) is 502 Å². The molecule has 0 spiro atoms. The molecule has 4 aliphatic rings. The van der Waals surface area contributed by atoms with Gasteiger partial charge in [0.05, 0.1) is 35.7 Å². The molecule has 10 bridgehead atoms. The van der Waals surface area contributed by atoms with Crippen LogP contribution in [0.3, 0.4) is 0 Å². The van der Waals surface area contributed by atoms with Gasteiger partial charge in [-0.25, -0.2) is 9.80 Å². The van der Waals surface area contributed by atoms with Crippen molar-refractivity contribution in [1.29, 1.82) is 0 Å². The van der Waals surface area contributed by atoms with Crippen LogP contribution in [0.4, 0.5) is 11.4 Å². The van der Waals surface area contributed by atoms with Gasteiger partial charge in [-0.05, 0) is 194 Å². The Hall–Kier alpha value is -8.28. The summed E-state index contributed by atoms with van der Waals surface area (Å²) >= 11 is 0. The highest BCUT2D eigenvalue weighted by atomic mass is 16.5. The number of rotatable bonds is 68. The normalized spacial score (nSPS) is 13.6. The zero-order chi connectivity index (χ0) is 94.2. The van der Waals surface area contributed by atoms with E-state index in [0.29, 0.717) is 124 Å². The topological polar surface area (TPSA) is 121 Å². The molecule has 9 aromatic rings. The summed E-state index contributed by atoms with van der Waals surface area (Å²) in [5.41, 5.74) is 10.8. The zero-order valence-corrected chi connectivity index (χ0v) is 85.5. The van der Waals surface area contributed by atoms with Gasteiger partial charge in [0.15, 0.2) is 0 Å². The number of nitrogens with zero attached hydrogens (tertiary/aromatic N) is 2. The molecule has 0 radical (unpaired) electrons. The molecule has 0 fully saturated rings. The third-order valence-corrected chi connectivity index (χ3v) is 29.9. The standard InChI is InChI=1S/C124H176N2O9/c1-7-13-19-25-31-37-43-49-55-61-69-95-87-99(88-96(70-62-56-50-44-38-32-26-20-14-8-2)105(95)77-65-59-53-47-41-35-29-23-17-11-5)125-121(127)109-81-79-107-118-114-94-112-116-110(82-80-108(120(116)118)117-113(93-111(123(125)129)115(109)119(107)117)134-103-75-67-73-101(91-103)132-85-83-131-84-86-133-102-74-68-76-104(92-102)135-114)122(128)126(124(112)130)100-89-97(71-63-57-51-45-39-33-27-21-15-9-3)106(78-66-60-54-48-42-36-30-24-18-12-6)98(90-100)72-64-58-52-46-40-34-28-22-16-10-4/h67-68,73-76,79-82,87-94H,7-66,69-72,77-78,83-86H2,1-6H3. The van der Waals surface area contributed by atoms with Gasteiger partial charge in [0.25, 0.3) is 23.6 Å². The number of carbonyl (C=O) groups is 4. The van der Waals surface area contributed by atoms with Crippen LogP contribution < -0.4 is 28.7 Å². The summed E-state index contributed by atoms with van der Waals surface area (Å²) in [6, 6.07) is 35.8. The maximum Gasteiger partial charge on any atom is 0.266 e. The number of benzene rings is 9. The summed E-state index contributed by atoms with van der Waals surface area (Å²) in [6.07, 6.45) is 81.0. The summed E-state index contributed by atoms with van der Waals surface area (Å²) in [4.78, 5) is 69.8. The average molecular weight is 1840 g/mol. The fourth-order valence-corrected chi connectivity index (χ4v) is 22.2. The first kappa shape index (κ1) is 106. The molecule has 4 amide bonds. The van der Waals surface area contributed by atoms with Gasteiger partial charge < -0.3 is 23.7 Å². The van der Waals surface area contributed by atoms with Gasteiger partial charge in [-0.2, -0.15) is 0 Å². The Morgan fingerprint density at radius 1 is 0.222 bits per heavy atom. The number of fused-ring (bicyclic) bond motifs is 6. The molecule has 4 heterocycles. The van der Waals surface area contributed by atoms with E-state index in [0.717, 1.165) is 103 Å². The Morgan fingerprint density at radius 3 is 0.726 bits per heavy atom. The van der Waals surface area contributed by atoms with Crippen LogP contribution in [0.2, 0.25) is 0 Å². The number of hydrogen-bond acceptors (Lipinski definition) is 9. The van der Waals surface area contributed by atoms with Crippen molar-refractivity contribution in [2.45, 2.75) is 465 Å². The van der Waals surface area contributed by atoms with E-state index in [1.165, 1.54) is 364 Å². The third-order valence-electron chi connectivity index (χ3n) is 29.9. The number of carbonyl (C=O) groups excluding carboxylic acids is 4. The molecule has 0 saturated carbocycles. The third kappa shape index (κ3) is 31.4. The number of amides is 4. The molecule has 11 nitrogen and oxygen atoms in total. The van der Waals surface area contributed by atoms with Crippen LogP contribution in [0, 0.1) is 0 Å². The smallest absolute Gasteiger partial charge is 0.266 e. The maximum atomic E-state index is 16.8. The molecule has 11 heteroatoms. The second kappa shape index (κ2) is 59.9. The molecule has 0 atom stereocenters. The number of anilines is 2. The Morgan fingerprint density at radius 2 is 0.459 bits per heavy atom. The highest BCUT2D eigenvalue weighted by Crippen LogP contribution is 2.54. The minimum atomic E-state index is -0.411. The fourth-order valence-electron chi connectivity index (χ4n) is 22.2. The fraction of sp³-hybridized carbons (Fsp3) is 0.613. The lowest BCUT2D eigenvalue weighted by molar-refractivity contribution is 0.0763. The largest absolute Gasteiger partial charge is 0.491 e. The summed E-state index contributed by atoms with van der Waals surface area (Å²) < 4.78 is 33.8. The second-order valence-electron chi connectivity index (χ2n) is 40.8. The van der Waals surface area contributed by atoms with Crippen molar-refractivity contribution >= 4 is 78.1 Å². The Balaban J connectivity index is 0.978. The van der Waals surface area contributed by atoms with E-state index in [9.17, 15) is 0 Å². The van der Waals surface area contributed by atoms with Gasteiger partial charge in [-0.15, -0.1) is 0 Å². The molecule has 0 unspecified atom stereocenters. The van der Waals surface area contributed by atoms with Gasteiger partial charge in [0.2, 0.25) is 0 Å². The van der Waals surface area contributed by atoms with Crippen molar-refractivity contribution in [3.63, 3.8) is 0 Å². The molecule has 0 aliphatic carbocycles. The lowest BCUT2D eigenvalue weighted by atomic mass is 9.81. The Labute approximate surface area is 816 Å². The zero-order valence-electron chi connectivity index (χ0n) is 85.5. The van der Waals surface area contributed by atoms with E-state index in [1.807, 2.05) is 84.9 Å². The van der Waals surface area contributed by atoms with Crippen LogP contribution in [-0.2, 0) is 43.3 Å². The quantitative estimate of drug-likeness (QED) is 0.0121. The van der Waals surface area contributed by atoms with E-state index in [2.05, 4.69) is 65.8 Å². The van der Waals surface area contributed by atoms with Crippen molar-refractivity contribution in [2.24, 2.45) is 0 Å². The lowest BCUT2D eigenvalue weighted by Gasteiger charge is -2.32. The van der Waals surface area contributed by atoms with E-state index >= 15 is 19.2 Å². The van der Waals surface area contributed by atoms with Crippen LogP contribution in [0.5, 0.6) is 34.5 Å². The van der Waals surface area contributed by atoms with E-state index in [1.54, 1.807) is 0 Å². The molecular weight excluding hydrogens is 1660 g/mol. The predicted molar refractivity (Wildman–Crippen MR) is 571 cm³/mol.